The maximum atomic E-state index is 11.7. The zero-order chi connectivity index (χ0) is 10.8. The fourth-order valence-corrected chi connectivity index (χ4v) is 1.39. The molecule has 1 heterocycles. The van der Waals surface area contributed by atoms with E-state index in [0.29, 0.717) is 13.2 Å². The van der Waals surface area contributed by atoms with Crippen LogP contribution in [0, 0.1) is 0 Å². The Morgan fingerprint density at radius 1 is 1.57 bits per heavy atom. The first-order valence-electron chi connectivity index (χ1n) is 5.05. The van der Waals surface area contributed by atoms with Crippen molar-refractivity contribution in [1.29, 1.82) is 0 Å². The van der Waals surface area contributed by atoms with Gasteiger partial charge in [0.05, 0.1) is 13.2 Å². The van der Waals surface area contributed by atoms with E-state index in [4.69, 9.17) is 9.47 Å². The lowest BCUT2D eigenvalue weighted by Gasteiger charge is -2.26. The highest BCUT2D eigenvalue weighted by atomic mass is 16.6. The maximum absolute atomic E-state index is 11.7. The Labute approximate surface area is 85.2 Å². The van der Waals surface area contributed by atoms with Gasteiger partial charge in [0.25, 0.3) is 0 Å². The Bertz CT molecular complexity index is 210. The van der Waals surface area contributed by atoms with Crippen molar-refractivity contribution in [3.63, 3.8) is 0 Å². The SMILES string of the molecule is CCC1OCCN1C(=O)OC(C)(C)C. The number of hydrogen-bond acceptors (Lipinski definition) is 3. The Hall–Kier alpha value is -0.770. The minimum atomic E-state index is -0.433. The van der Waals surface area contributed by atoms with Gasteiger partial charge in [-0.15, -0.1) is 0 Å². The summed E-state index contributed by atoms with van der Waals surface area (Å²) < 4.78 is 10.6. The molecule has 14 heavy (non-hydrogen) atoms. The van der Waals surface area contributed by atoms with Crippen molar-refractivity contribution in [3.8, 4) is 0 Å². The van der Waals surface area contributed by atoms with Gasteiger partial charge in [-0.2, -0.15) is 0 Å². The van der Waals surface area contributed by atoms with Crippen molar-refractivity contribution in [1.82, 2.24) is 4.90 Å². The minimum absolute atomic E-state index is 0.107. The second-order valence-corrected chi connectivity index (χ2v) is 4.41. The number of ether oxygens (including phenoxy) is 2. The molecule has 1 amide bonds. The second kappa shape index (κ2) is 4.17. The number of amides is 1. The topological polar surface area (TPSA) is 38.8 Å². The number of carbonyl (C=O) groups excluding carboxylic acids is 1. The molecule has 0 aromatic heterocycles. The Kier molecular flexibility index (Phi) is 3.37. The van der Waals surface area contributed by atoms with E-state index >= 15 is 0 Å². The van der Waals surface area contributed by atoms with Gasteiger partial charge in [-0.05, 0) is 27.2 Å². The number of carbonyl (C=O) groups is 1. The summed E-state index contributed by atoms with van der Waals surface area (Å²) in [6.07, 6.45) is 0.422. The van der Waals surface area contributed by atoms with Gasteiger partial charge in [0.15, 0.2) is 0 Å². The molecule has 1 unspecified atom stereocenters. The molecule has 0 aromatic carbocycles. The van der Waals surface area contributed by atoms with Gasteiger partial charge in [-0.1, -0.05) is 6.92 Å². The molecule has 1 aliphatic rings. The Balaban J connectivity index is 2.52. The molecule has 0 spiro atoms. The van der Waals surface area contributed by atoms with E-state index in [1.807, 2.05) is 27.7 Å². The molecule has 1 atom stereocenters. The quantitative estimate of drug-likeness (QED) is 0.651. The zero-order valence-electron chi connectivity index (χ0n) is 9.37. The van der Waals surface area contributed by atoms with Crippen LogP contribution in [-0.2, 0) is 9.47 Å². The Morgan fingerprint density at radius 3 is 2.71 bits per heavy atom. The molecule has 0 radical (unpaired) electrons. The van der Waals surface area contributed by atoms with Gasteiger partial charge in [-0.3, -0.25) is 4.90 Å². The highest BCUT2D eigenvalue weighted by Crippen LogP contribution is 2.17. The maximum Gasteiger partial charge on any atom is 0.412 e. The highest BCUT2D eigenvalue weighted by molar-refractivity contribution is 5.68. The van der Waals surface area contributed by atoms with Crippen LogP contribution >= 0.6 is 0 Å². The molecule has 82 valence electrons. The number of rotatable bonds is 1. The fourth-order valence-electron chi connectivity index (χ4n) is 1.39. The minimum Gasteiger partial charge on any atom is -0.444 e. The van der Waals surface area contributed by atoms with Crippen LogP contribution in [0.2, 0.25) is 0 Å². The van der Waals surface area contributed by atoms with Crippen molar-refractivity contribution < 1.29 is 14.3 Å². The van der Waals surface area contributed by atoms with E-state index in [0.717, 1.165) is 6.42 Å². The summed E-state index contributed by atoms with van der Waals surface area (Å²) in [6.45, 7) is 8.83. The van der Waals surface area contributed by atoms with Crippen LogP contribution in [0.15, 0.2) is 0 Å². The predicted molar refractivity (Wildman–Crippen MR) is 53.0 cm³/mol. The van der Waals surface area contributed by atoms with E-state index in [9.17, 15) is 4.79 Å². The molecular weight excluding hydrogens is 182 g/mol. The van der Waals surface area contributed by atoms with E-state index in [-0.39, 0.29) is 12.3 Å². The van der Waals surface area contributed by atoms with Crippen molar-refractivity contribution in [2.45, 2.75) is 45.9 Å². The molecule has 0 bridgehead atoms. The highest BCUT2D eigenvalue weighted by Gasteiger charge is 2.31. The number of hydrogen-bond donors (Lipinski definition) is 0. The summed E-state index contributed by atoms with van der Waals surface area (Å²) in [7, 11) is 0. The lowest BCUT2D eigenvalue weighted by Crippen LogP contribution is -2.39. The summed E-state index contributed by atoms with van der Waals surface area (Å²) in [6, 6.07) is 0. The molecule has 4 nitrogen and oxygen atoms in total. The van der Waals surface area contributed by atoms with Crippen molar-refractivity contribution in [2.75, 3.05) is 13.2 Å². The first-order valence-corrected chi connectivity index (χ1v) is 5.05. The fraction of sp³-hybridized carbons (Fsp3) is 0.900. The molecule has 0 aromatic rings. The predicted octanol–water partition coefficient (Wildman–Crippen LogP) is 1.99. The standard InChI is InChI=1S/C10H19NO3/c1-5-8-11(6-7-13-8)9(12)14-10(2,3)4/h8H,5-7H2,1-4H3. The first kappa shape index (κ1) is 11.3. The van der Waals surface area contributed by atoms with Crippen molar-refractivity contribution in [2.24, 2.45) is 0 Å². The van der Waals surface area contributed by atoms with Gasteiger partial charge in [0, 0.05) is 0 Å². The smallest absolute Gasteiger partial charge is 0.412 e. The molecule has 0 aliphatic carbocycles. The first-order chi connectivity index (χ1) is 6.44. The number of nitrogens with zero attached hydrogens (tertiary/aromatic N) is 1. The van der Waals surface area contributed by atoms with E-state index in [1.165, 1.54) is 0 Å². The molecule has 1 rings (SSSR count). The summed E-state index contributed by atoms with van der Waals surface area (Å²) in [5, 5.41) is 0. The molecule has 0 saturated carbocycles. The third kappa shape index (κ3) is 2.87. The molecule has 1 saturated heterocycles. The van der Waals surface area contributed by atoms with E-state index in [2.05, 4.69) is 0 Å². The molecule has 0 N–H and O–H groups in total. The lowest BCUT2D eigenvalue weighted by atomic mass is 10.2. The van der Waals surface area contributed by atoms with Crippen LogP contribution in [0.5, 0.6) is 0 Å². The van der Waals surface area contributed by atoms with Crippen LogP contribution < -0.4 is 0 Å². The molecular formula is C10H19NO3. The second-order valence-electron chi connectivity index (χ2n) is 4.41. The monoisotopic (exact) mass is 201 g/mol. The van der Waals surface area contributed by atoms with Crippen LogP contribution in [-0.4, -0.2) is 36.0 Å². The van der Waals surface area contributed by atoms with Crippen LogP contribution in [0.4, 0.5) is 4.79 Å². The van der Waals surface area contributed by atoms with Gasteiger partial charge < -0.3 is 9.47 Å². The summed E-state index contributed by atoms with van der Waals surface area (Å²) >= 11 is 0. The van der Waals surface area contributed by atoms with Crippen LogP contribution in [0.25, 0.3) is 0 Å². The van der Waals surface area contributed by atoms with Crippen molar-refractivity contribution in [3.05, 3.63) is 0 Å². The third-order valence-electron chi connectivity index (χ3n) is 1.97. The Morgan fingerprint density at radius 2 is 2.21 bits per heavy atom. The molecule has 4 heteroatoms. The normalized spacial score (nSPS) is 22.6. The molecule has 1 fully saturated rings. The average molecular weight is 201 g/mol. The van der Waals surface area contributed by atoms with Gasteiger partial charge in [0.1, 0.15) is 11.8 Å². The lowest BCUT2D eigenvalue weighted by molar-refractivity contribution is -0.00975. The van der Waals surface area contributed by atoms with Gasteiger partial charge >= 0.3 is 6.09 Å². The largest absolute Gasteiger partial charge is 0.444 e. The third-order valence-corrected chi connectivity index (χ3v) is 1.97. The van der Waals surface area contributed by atoms with Crippen molar-refractivity contribution >= 4 is 6.09 Å². The van der Waals surface area contributed by atoms with Gasteiger partial charge in [0.2, 0.25) is 0 Å². The van der Waals surface area contributed by atoms with Gasteiger partial charge in [-0.25, -0.2) is 4.79 Å². The summed E-state index contributed by atoms with van der Waals surface area (Å²) in [4.78, 5) is 13.3. The average Bonchev–Trinajstić information content (AvgIpc) is 2.47. The van der Waals surface area contributed by atoms with E-state index in [1.54, 1.807) is 4.90 Å². The zero-order valence-corrected chi connectivity index (χ0v) is 9.37. The van der Waals surface area contributed by atoms with Crippen LogP contribution in [0.3, 0.4) is 0 Å². The summed E-state index contributed by atoms with van der Waals surface area (Å²) in [5.74, 6) is 0. The summed E-state index contributed by atoms with van der Waals surface area (Å²) in [5.41, 5.74) is -0.433. The molecule has 1 aliphatic heterocycles. The van der Waals surface area contributed by atoms with E-state index < -0.39 is 5.60 Å². The van der Waals surface area contributed by atoms with Crippen LogP contribution in [0.1, 0.15) is 34.1 Å².